The number of benzene rings is 2. The van der Waals surface area contributed by atoms with Gasteiger partial charge >= 0.3 is 0 Å². The molecule has 0 spiro atoms. The molecule has 6 rings (SSSR count). The van der Waals surface area contributed by atoms with Crippen LogP contribution < -0.4 is 20.9 Å². The molecule has 12 heteroatoms. The van der Waals surface area contributed by atoms with E-state index in [2.05, 4.69) is 39.8 Å². The molecule has 0 saturated carbocycles. The molecular weight excluding hydrogens is 564 g/mol. The lowest BCUT2D eigenvalue weighted by atomic mass is 9.87. The number of amides is 4. The minimum absolute atomic E-state index is 0.0688. The standard InChI is InChI=1S/C32H34N6O6/c1-18-26(14-33-37(3)30(18)41)34-22-12-21(15-36(2)16-22)20-6-4-19(5-7-20)17-44-23-8-9-24-25(13-23)32(43)38(31(24)42)27-10-11-28(39)35-29(27)40/h4-9,13-14,21-22,27,34H,10-12,15-17H2,1-3H3,(H,35,39,40)/t21-,22+,27?/m1/s1. The van der Waals surface area contributed by atoms with Gasteiger partial charge in [0.1, 0.15) is 18.4 Å². The maximum Gasteiger partial charge on any atom is 0.271 e. The van der Waals surface area contributed by atoms with E-state index in [0.29, 0.717) is 17.2 Å². The normalized spacial score (nSPS) is 22.2. The minimum atomic E-state index is -1.01. The number of carbonyl (C=O) groups excluding carboxylic acids is 4. The van der Waals surface area contributed by atoms with E-state index >= 15 is 0 Å². The van der Waals surface area contributed by atoms with Gasteiger partial charge in [-0.15, -0.1) is 0 Å². The number of fused-ring (bicyclic) bond motifs is 1. The lowest BCUT2D eigenvalue weighted by molar-refractivity contribution is -0.136. The predicted molar refractivity (Wildman–Crippen MR) is 160 cm³/mol. The molecule has 1 aromatic heterocycles. The molecule has 228 valence electrons. The van der Waals surface area contributed by atoms with E-state index in [0.717, 1.165) is 35.7 Å². The maximum absolute atomic E-state index is 13.1. The summed E-state index contributed by atoms with van der Waals surface area (Å²) in [5, 5.41) is 9.89. The molecule has 44 heavy (non-hydrogen) atoms. The van der Waals surface area contributed by atoms with Crippen LogP contribution in [0.25, 0.3) is 0 Å². The van der Waals surface area contributed by atoms with Crippen LogP contribution in [0.5, 0.6) is 5.75 Å². The number of rotatable bonds is 7. The summed E-state index contributed by atoms with van der Waals surface area (Å²) in [4.78, 5) is 65.4. The van der Waals surface area contributed by atoms with E-state index in [1.54, 1.807) is 19.3 Å². The van der Waals surface area contributed by atoms with E-state index in [1.165, 1.54) is 22.4 Å². The van der Waals surface area contributed by atoms with Gasteiger partial charge < -0.3 is 15.0 Å². The molecule has 3 atom stereocenters. The Balaban J connectivity index is 1.08. The summed E-state index contributed by atoms with van der Waals surface area (Å²) in [6.45, 7) is 3.85. The summed E-state index contributed by atoms with van der Waals surface area (Å²) in [5.41, 5.74) is 3.86. The molecule has 3 aromatic rings. The van der Waals surface area contributed by atoms with E-state index in [4.69, 9.17) is 4.74 Å². The van der Waals surface area contributed by atoms with E-state index < -0.39 is 29.7 Å². The number of aromatic nitrogens is 2. The highest BCUT2D eigenvalue weighted by Gasteiger charge is 2.44. The first-order valence-corrected chi connectivity index (χ1v) is 14.6. The quantitative estimate of drug-likeness (QED) is 0.390. The van der Waals surface area contributed by atoms with Crippen molar-refractivity contribution < 1.29 is 23.9 Å². The number of piperidine rings is 2. The van der Waals surface area contributed by atoms with Gasteiger partial charge in [-0.3, -0.25) is 34.2 Å². The molecule has 3 aliphatic rings. The molecule has 12 nitrogen and oxygen atoms in total. The third-order valence-corrected chi connectivity index (χ3v) is 8.64. The smallest absolute Gasteiger partial charge is 0.271 e. The topological polar surface area (TPSA) is 143 Å². The highest BCUT2D eigenvalue weighted by atomic mass is 16.5. The van der Waals surface area contributed by atoms with Crippen molar-refractivity contribution in [2.45, 2.75) is 50.8 Å². The summed E-state index contributed by atoms with van der Waals surface area (Å²) in [6, 6.07) is 12.1. The molecule has 0 radical (unpaired) electrons. The van der Waals surface area contributed by atoms with E-state index in [-0.39, 0.29) is 42.2 Å². The SMILES string of the molecule is Cc1c(N[C@H]2C[C@@H](c3ccc(COc4ccc5c(c4)C(=O)N(C4CCC(=O)NC4=O)C5=O)cc3)CN(C)C2)cnn(C)c1=O. The van der Waals surface area contributed by atoms with Gasteiger partial charge in [0.15, 0.2) is 0 Å². The molecule has 2 saturated heterocycles. The van der Waals surface area contributed by atoms with Crippen molar-refractivity contribution in [1.82, 2.24) is 24.9 Å². The molecule has 2 aromatic carbocycles. The van der Waals surface area contributed by atoms with Crippen LogP contribution in [0.2, 0.25) is 0 Å². The van der Waals surface area contributed by atoms with Crippen molar-refractivity contribution in [3.8, 4) is 5.75 Å². The molecule has 2 fully saturated rings. The lowest BCUT2D eigenvalue weighted by Crippen LogP contribution is -2.54. The van der Waals surface area contributed by atoms with Gasteiger partial charge in [-0.05, 0) is 62.1 Å². The number of likely N-dealkylation sites (N-methyl/N-ethyl adjacent to an activating group) is 1. The Morgan fingerprint density at radius 3 is 2.48 bits per heavy atom. The Morgan fingerprint density at radius 2 is 1.73 bits per heavy atom. The molecule has 2 N–H and O–H groups in total. The van der Waals surface area contributed by atoms with Gasteiger partial charge in [0.05, 0.1) is 23.0 Å². The lowest BCUT2D eigenvalue weighted by Gasteiger charge is -2.37. The third kappa shape index (κ3) is 5.60. The van der Waals surface area contributed by atoms with Gasteiger partial charge in [-0.2, -0.15) is 5.10 Å². The Kier molecular flexibility index (Phi) is 7.76. The number of likely N-dealkylation sites (tertiary alicyclic amines) is 1. The van der Waals surface area contributed by atoms with Gasteiger partial charge in [-0.25, -0.2) is 4.68 Å². The Labute approximate surface area is 254 Å². The molecule has 1 unspecified atom stereocenters. The Morgan fingerprint density at radius 1 is 0.977 bits per heavy atom. The maximum atomic E-state index is 13.1. The zero-order valence-corrected chi connectivity index (χ0v) is 24.8. The van der Waals surface area contributed by atoms with Crippen LogP contribution in [0.4, 0.5) is 5.69 Å². The number of nitrogens with zero attached hydrogens (tertiary/aromatic N) is 4. The second-order valence-electron chi connectivity index (χ2n) is 11.8. The van der Waals surface area contributed by atoms with Crippen LogP contribution >= 0.6 is 0 Å². The average Bonchev–Trinajstić information content (AvgIpc) is 3.25. The van der Waals surface area contributed by atoms with Crippen LogP contribution in [0.3, 0.4) is 0 Å². The first-order chi connectivity index (χ1) is 21.1. The van der Waals surface area contributed by atoms with Crippen molar-refractivity contribution in [2.75, 3.05) is 25.5 Å². The fourth-order valence-corrected chi connectivity index (χ4v) is 6.28. The zero-order chi connectivity index (χ0) is 31.1. The summed E-state index contributed by atoms with van der Waals surface area (Å²) in [5.74, 6) is -1.44. The van der Waals surface area contributed by atoms with Crippen molar-refractivity contribution in [3.05, 3.63) is 86.8 Å². The molecular formula is C32H34N6O6. The van der Waals surface area contributed by atoms with Crippen LogP contribution in [-0.2, 0) is 23.2 Å². The first-order valence-electron chi connectivity index (χ1n) is 14.6. The zero-order valence-electron chi connectivity index (χ0n) is 24.8. The molecule has 4 heterocycles. The fourth-order valence-electron chi connectivity index (χ4n) is 6.28. The van der Waals surface area contributed by atoms with Crippen LogP contribution in [0, 0.1) is 6.92 Å². The largest absolute Gasteiger partial charge is 0.489 e. The number of hydrogen-bond acceptors (Lipinski definition) is 9. The summed E-state index contributed by atoms with van der Waals surface area (Å²) < 4.78 is 7.31. The minimum Gasteiger partial charge on any atom is -0.489 e. The summed E-state index contributed by atoms with van der Waals surface area (Å²) >= 11 is 0. The van der Waals surface area contributed by atoms with Gasteiger partial charge in [0, 0.05) is 38.2 Å². The Hall–Kier alpha value is -4.84. The first kappa shape index (κ1) is 29.2. The number of imide groups is 2. The number of anilines is 1. The molecule has 3 aliphatic heterocycles. The number of hydrogen-bond donors (Lipinski definition) is 2. The van der Waals surface area contributed by atoms with E-state index in [9.17, 15) is 24.0 Å². The number of ether oxygens (including phenoxy) is 1. The number of carbonyl (C=O) groups is 4. The van der Waals surface area contributed by atoms with Crippen molar-refractivity contribution in [1.29, 1.82) is 0 Å². The Bertz CT molecular complexity index is 1720. The third-order valence-electron chi connectivity index (χ3n) is 8.64. The van der Waals surface area contributed by atoms with Gasteiger partial charge in [-0.1, -0.05) is 24.3 Å². The second kappa shape index (κ2) is 11.7. The van der Waals surface area contributed by atoms with Crippen LogP contribution in [0.15, 0.2) is 53.5 Å². The van der Waals surface area contributed by atoms with Crippen molar-refractivity contribution in [2.24, 2.45) is 7.05 Å². The molecule has 0 aliphatic carbocycles. The summed E-state index contributed by atoms with van der Waals surface area (Å²) in [7, 11) is 3.74. The highest BCUT2D eigenvalue weighted by Crippen LogP contribution is 2.31. The molecule has 0 bridgehead atoms. The number of aryl methyl sites for hydroxylation is 1. The van der Waals surface area contributed by atoms with Crippen molar-refractivity contribution in [3.63, 3.8) is 0 Å². The monoisotopic (exact) mass is 598 g/mol. The number of nitrogens with one attached hydrogen (secondary N) is 2. The molecule has 4 amide bonds. The highest BCUT2D eigenvalue weighted by molar-refractivity contribution is 6.23. The van der Waals surface area contributed by atoms with Gasteiger partial charge in [0.25, 0.3) is 17.4 Å². The second-order valence-corrected chi connectivity index (χ2v) is 11.8. The van der Waals surface area contributed by atoms with Gasteiger partial charge in [0.2, 0.25) is 11.8 Å². The average molecular weight is 599 g/mol. The fraction of sp³-hybridized carbons (Fsp3) is 0.375. The van der Waals surface area contributed by atoms with Crippen molar-refractivity contribution >= 4 is 29.3 Å². The van der Waals surface area contributed by atoms with Crippen LogP contribution in [0.1, 0.15) is 62.6 Å². The summed E-state index contributed by atoms with van der Waals surface area (Å²) in [6.07, 6.45) is 2.79. The van der Waals surface area contributed by atoms with Crippen LogP contribution in [-0.4, -0.2) is 75.4 Å². The van der Waals surface area contributed by atoms with E-state index in [1.807, 2.05) is 19.1 Å². The predicted octanol–water partition coefficient (Wildman–Crippen LogP) is 1.97.